The molecule has 2 rings (SSSR count). The molecular formula is C16H25ClN2O3S. The van der Waals surface area contributed by atoms with Gasteiger partial charge in [0.25, 0.3) is 0 Å². The molecule has 1 aromatic carbocycles. The Labute approximate surface area is 144 Å². The third-order valence-electron chi connectivity index (χ3n) is 3.88. The molecule has 0 aliphatic carbocycles. The largest absolute Gasteiger partial charge is 0.340 e. The Morgan fingerprint density at radius 1 is 1.26 bits per heavy atom. The Kier molecular flexibility index (Phi) is 7.04. The van der Waals surface area contributed by atoms with Crippen LogP contribution in [0.4, 0.5) is 0 Å². The number of carbonyl (C=O) groups is 1. The topological polar surface area (TPSA) is 80.5 Å². The second-order valence-corrected chi connectivity index (χ2v) is 8.54. The van der Waals surface area contributed by atoms with E-state index in [0.717, 1.165) is 5.56 Å². The van der Waals surface area contributed by atoms with Crippen molar-refractivity contribution in [3.05, 3.63) is 35.9 Å². The second-order valence-electron chi connectivity index (χ2n) is 6.43. The average molecular weight is 361 g/mol. The molecule has 7 heteroatoms. The molecule has 5 nitrogen and oxygen atoms in total. The predicted molar refractivity (Wildman–Crippen MR) is 94.5 cm³/mol. The molecule has 2 atom stereocenters. The predicted octanol–water partition coefficient (Wildman–Crippen LogP) is 1.43. The van der Waals surface area contributed by atoms with Crippen LogP contribution in [0.5, 0.6) is 0 Å². The highest BCUT2D eigenvalue weighted by molar-refractivity contribution is 7.92. The number of amides is 1. The fourth-order valence-electron chi connectivity index (χ4n) is 2.93. The van der Waals surface area contributed by atoms with Crippen LogP contribution in [0, 0.1) is 5.92 Å². The number of hydrogen-bond donors (Lipinski definition) is 1. The highest BCUT2D eigenvalue weighted by Gasteiger charge is 2.35. The lowest BCUT2D eigenvalue weighted by Gasteiger charge is -2.17. The summed E-state index contributed by atoms with van der Waals surface area (Å²) in [5.74, 6) is -0.622. The molecule has 2 N–H and O–H groups in total. The molecule has 0 radical (unpaired) electrons. The zero-order valence-corrected chi connectivity index (χ0v) is 15.1. The molecule has 1 amide bonds. The molecule has 1 fully saturated rings. The summed E-state index contributed by atoms with van der Waals surface area (Å²) in [6, 6.07) is 9.66. The summed E-state index contributed by atoms with van der Waals surface area (Å²) < 4.78 is 23.9. The van der Waals surface area contributed by atoms with E-state index in [1.165, 1.54) is 0 Å². The summed E-state index contributed by atoms with van der Waals surface area (Å²) >= 11 is 0. The Morgan fingerprint density at radius 3 is 2.43 bits per heavy atom. The van der Waals surface area contributed by atoms with Crippen molar-refractivity contribution in [1.29, 1.82) is 0 Å². The van der Waals surface area contributed by atoms with E-state index < -0.39 is 15.6 Å². The Morgan fingerprint density at radius 2 is 1.87 bits per heavy atom. The highest BCUT2D eigenvalue weighted by atomic mass is 35.5. The van der Waals surface area contributed by atoms with Gasteiger partial charge in [0.1, 0.15) is 5.75 Å². The zero-order valence-electron chi connectivity index (χ0n) is 13.5. The van der Waals surface area contributed by atoms with E-state index in [2.05, 4.69) is 0 Å². The van der Waals surface area contributed by atoms with Crippen molar-refractivity contribution < 1.29 is 13.2 Å². The van der Waals surface area contributed by atoms with E-state index >= 15 is 0 Å². The van der Waals surface area contributed by atoms with Crippen LogP contribution in [0.2, 0.25) is 0 Å². The number of nitrogens with two attached hydrogens (primary N) is 1. The first-order chi connectivity index (χ1) is 10.3. The zero-order chi connectivity index (χ0) is 16.3. The van der Waals surface area contributed by atoms with Gasteiger partial charge < -0.3 is 10.6 Å². The molecule has 0 saturated carbocycles. The summed E-state index contributed by atoms with van der Waals surface area (Å²) in [4.78, 5) is 13.8. The molecule has 1 saturated heterocycles. The summed E-state index contributed by atoms with van der Waals surface area (Å²) in [6.45, 7) is 4.56. The number of benzene rings is 1. The summed E-state index contributed by atoms with van der Waals surface area (Å²) in [7, 11) is -3.35. The van der Waals surface area contributed by atoms with Crippen molar-refractivity contribution in [2.45, 2.75) is 25.8 Å². The molecular weight excluding hydrogens is 336 g/mol. The minimum atomic E-state index is -3.35. The lowest BCUT2D eigenvalue weighted by molar-refractivity contribution is -0.127. The van der Waals surface area contributed by atoms with Crippen molar-refractivity contribution in [3.8, 4) is 0 Å². The molecule has 0 aromatic heterocycles. The molecule has 0 spiro atoms. The summed E-state index contributed by atoms with van der Waals surface area (Å²) in [5.41, 5.74) is 7.23. The number of halogens is 1. The number of likely N-dealkylation sites (tertiary alicyclic amines) is 1. The third-order valence-corrected chi connectivity index (χ3v) is 5.74. The van der Waals surface area contributed by atoms with Crippen LogP contribution < -0.4 is 5.73 Å². The summed E-state index contributed by atoms with van der Waals surface area (Å²) in [6.07, 6.45) is 0. The fraction of sp³-hybridized carbons (Fsp3) is 0.562. The van der Waals surface area contributed by atoms with Crippen LogP contribution in [0.1, 0.15) is 25.3 Å². The van der Waals surface area contributed by atoms with Gasteiger partial charge in [-0.25, -0.2) is 8.42 Å². The van der Waals surface area contributed by atoms with Gasteiger partial charge in [-0.2, -0.15) is 0 Å². The average Bonchev–Trinajstić information content (AvgIpc) is 2.80. The number of hydrogen-bond acceptors (Lipinski definition) is 4. The molecule has 0 bridgehead atoms. The summed E-state index contributed by atoms with van der Waals surface area (Å²) in [5, 5.41) is 0. The maximum absolute atomic E-state index is 12.3. The maximum atomic E-state index is 12.3. The molecule has 1 aliphatic rings. The number of sulfone groups is 1. The minimum absolute atomic E-state index is 0. The Bertz CT molecular complexity index is 619. The van der Waals surface area contributed by atoms with Crippen LogP contribution in [0.15, 0.2) is 30.3 Å². The monoisotopic (exact) mass is 360 g/mol. The van der Waals surface area contributed by atoms with Crippen molar-refractivity contribution in [2.75, 3.05) is 24.6 Å². The minimum Gasteiger partial charge on any atom is -0.340 e. The fourth-order valence-corrected chi connectivity index (χ4v) is 4.62. The van der Waals surface area contributed by atoms with Crippen LogP contribution >= 0.6 is 12.4 Å². The van der Waals surface area contributed by atoms with Gasteiger partial charge in [0.2, 0.25) is 5.91 Å². The standard InChI is InChI=1S/C16H24N2O3S.ClH/c1-12(2)10-22(20,21)11-16(19)18-8-14(15(17)9-18)13-6-4-3-5-7-13;/h3-7,12,14-15H,8-11,17H2,1-2H3;1H/t14-,15+;/m0./s1. The van der Waals surface area contributed by atoms with E-state index in [9.17, 15) is 13.2 Å². The normalized spacial score (nSPS) is 21.3. The van der Waals surface area contributed by atoms with Crippen molar-refractivity contribution >= 4 is 28.2 Å². The quantitative estimate of drug-likeness (QED) is 0.861. The van der Waals surface area contributed by atoms with Gasteiger partial charge in [0, 0.05) is 25.0 Å². The van der Waals surface area contributed by atoms with Crippen LogP contribution in [-0.2, 0) is 14.6 Å². The van der Waals surface area contributed by atoms with Crippen molar-refractivity contribution in [2.24, 2.45) is 11.7 Å². The number of nitrogens with zero attached hydrogens (tertiary/aromatic N) is 1. The smallest absolute Gasteiger partial charge is 0.237 e. The molecule has 130 valence electrons. The van der Waals surface area contributed by atoms with Crippen LogP contribution in [0.3, 0.4) is 0 Å². The van der Waals surface area contributed by atoms with Gasteiger partial charge in [-0.1, -0.05) is 44.2 Å². The van der Waals surface area contributed by atoms with Gasteiger partial charge in [0.15, 0.2) is 9.84 Å². The van der Waals surface area contributed by atoms with Gasteiger partial charge in [-0.3, -0.25) is 4.79 Å². The molecule has 1 aliphatic heterocycles. The van der Waals surface area contributed by atoms with E-state index in [1.54, 1.807) is 4.90 Å². The number of carbonyl (C=O) groups excluding carboxylic acids is 1. The molecule has 1 heterocycles. The SMILES string of the molecule is CC(C)CS(=O)(=O)CC(=O)N1C[C@@H](N)[C@H](c2ccccc2)C1.Cl. The first-order valence-corrected chi connectivity index (χ1v) is 9.39. The van der Waals surface area contributed by atoms with Gasteiger partial charge in [-0.05, 0) is 11.5 Å². The Balaban J connectivity index is 0.00000264. The molecule has 1 aromatic rings. The van der Waals surface area contributed by atoms with Crippen LogP contribution in [0.25, 0.3) is 0 Å². The first-order valence-electron chi connectivity index (χ1n) is 7.57. The van der Waals surface area contributed by atoms with Gasteiger partial charge in [0.05, 0.1) is 5.75 Å². The van der Waals surface area contributed by atoms with Gasteiger partial charge in [-0.15, -0.1) is 12.4 Å². The number of rotatable bonds is 5. The molecule has 0 unspecified atom stereocenters. The van der Waals surface area contributed by atoms with Crippen molar-refractivity contribution in [1.82, 2.24) is 4.90 Å². The van der Waals surface area contributed by atoms with Crippen molar-refractivity contribution in [3.63, 3.8) is 0 Å². The van der Waals surface area contributed by atoms with E-state index in [0.29, 0.717) is 13.1 Å². The van der Waals surface area contributed by atoms with E-state index in [1.807, 2.05) is 44.2 Å². The molecule has 23 heavy (non-hydrogen) atoms. The lowest BCUT2D eigenvalue weighted by Crippen LogP contribution is -2.36. The van der Waals surface area contributed by atoms with E-state index in [4.69, 9.17) is 5.73 Å². The highest BCUT2D eigenvalue weighted by Crippen LogP contribution is 2.26. The first kappa shape index (κ1) is 19.9. The second kappa shape index (κ2) is 8.13. The third kappa shape index (κ3) is 5.48. The lowest BCUT2D eigenvalue weighted by atomic mass is 9.95. The van der Waals surface area contributed by atoms with Gasteiger partial charge >= 0.3 is 0 Å². The van der Waals surface area contributed by atoms with Crippen LogP contribution in [-0.4, -0.2) is 49.9 Å². The Hall–Kier alpha value is -1.11. The van der Waals surface area contributed by atoms with E-state index in [-0.39, 0.29) is 41.9 Å². The maximum Gasteiger partial charge on any atom is 0.237 e.